The predicted octanol–water partition coefficient (Wildman–Crippen LogP) is 3.53. The van der Waals surface area contributed by atoms with Crippen LogP contribution in [0, 0.1) is 6.92 Å². The Balaban J connectivity index is 0.00000576. The lowest BCUT2D eigenvalue weighted by Gasteiger charge is -2.12. The number of nitrogens with one attached hydrogen (secondary N) is 2. The maximum Gasteiger partial charge on any atom is 0.191 e. The smallest absolute Gasteiger partial charge is 0.191 e. The van der Waals surface area contributed by atoms with Gasteiger partial charge in [0.05, 0.1) is 13.2 Å². The molecule has 1 rings (SSSR count). The molecule has 0 aromatic heterocycles. The molecule has 0 aliphatic carbocycles. The fraction of sp³-hybridized carbons (Fsp3) is 0.632. The van der Waals surface area contributed by atoms with E-state index in [-0.39, 0.29) is 30.1 Å². The maximum atomic E-state index is 5.53. The minimum absolute atomic E-state index is 0. The molecule has 6 heteroatoms. The van der Waals surface area contributed by atoms with Crippen LogP contribution in [0.2, 0.25) is 0 Å². The molecular formula is C19H34IN3O2. The molecule has 5 nitrogen and oxygen atoms in total. The number of halogens is 1. The van der Waals surface area contributed by atoms with Crippen LogP contribution in [0.15, 0.2) is 23.2 Å². The van der Waals surface area contributed by atoms with Crippen molar-refractivity contribution >= 4 is 29.9 Å². The van der Waals surface area contributed by atoms with Gasteiger partial charge in [0, 0.05) is 26.2 Å². The van der Waals surface area contributed by atoms with Crippen LogP contribution in [0.3, 0.4) is 0 Å². The normalized spacial score (nSPS) is 11.2. The van der Waals surface area contributed by atoms with Gasteiger partial charge in [-0.25, -0.2) is 0 Å². The summed E-state index contributed by atoms with van der Waals surface area (Å²) in [6.07, 6.45) is 2.15. The van der Waals surface area contributed by atoms with Crippen molar-refractivity contribution in [2.75, 3.05) is 33.4 Å². The molecule has 0 heterocycles. The van der Waals surface area contributed by atoms with Gasteiger partial charge in [-0.3, -0.25) is 4.99 Å². The average Bonchev–Trinajstić information content (AvgIpc) is 2.55. The molecule has 25 heavy (non-hydrogen) atoms. The van der Waals surface area contributed by atoms with E-state index in [4.69, 9.17) is 9.47 Å². The van der Waals surface area contributed by atoms with Gasteiger partial charge in [-0.15, -0.1) is 24.0 Å². The zero-order valence-electron chi connectivity index (χ0n) is 16.2. The average molecular weight is 463 g/mol. The first kappa shape index (κ1) is 24.0. The minimum Gasteiger partial charge on any atom is -0.496 e. The van der Waals surface area contributed by atoms with Crippen molar-refractivity contribution in [3.05, 3.63) is 29.3 Å². The quantitative estimate of drug-likeness (QED) is 0.241. The lowest BCUT2D eigenvalue weighted by atomic mass is 10.1. The molecule has 144 valence electrons. The van der Waals surface area contributed by atoms with E-state index in [1.165, 1.54) is 5.56 Å². The molecule has 0 radical (unpaired) electrons. The van der Waals surface area contributed by atoms with E-state index in [1.807, 2.05) is 0 Å². The summed E-state index contributed by atoms with van der Waals surface area (Å²) in [5.41, 5.74) is 2.42. The summed E-state index contributed by atoms with van der Waals surface area (Å²) >= 11 is 0. The molecule has 1 aromatic rings. The van der Waals surface area contributed by atoms with Gasteiger partial charge < -0.3 is 20.1 Å². The van der Waals surface area contributed by atoms with Crippen molar-refractivity contribution in [1.82, 2.24) is 10.6 Å². The van der Waals surface area contributed by atoms with Gasteiger partial charge in [0.15, 0.2) is 5.96 Å². The standard InChI is InChI=1S/C19H33N3O2.HI/c1-6-20-19(21-11-7-13-24-15(2)3)22-12-10-17-9-8-16(4)18(14-17)23-5;/h8-9,14-15H,6-7,10-13H2,1-5H3,(H2,20,21,22);1H. The fourth-order valence-corrected chi connectivity index (χ4v) is 2.26. The van der Waals surface area contributed by atoms with E-state index in [0.29, 0.717) is 0 Å². The monoisotopic (exact) mass is 463 g/mol. The van der Waals surface area contributed by atoms with E-state index in [2.05, 4.69) is 61.5 Å². The van der Waals surface area contributed by atoms with Crippen LogP contribution in [0.1, 0.15) is 38.3 Å². The summed E-state index contributed by atoms with van der Waals surface area (Å²) in [6, 6.07) is 6.35. The lowest BCUT2D eigenvalue weighted by Crippen LogP contribution is -2.38. The van der Waals surface area contributed by atoms with Crippen LogP contribution in [-0.4, -0.2) is 45.4 Å². The molecule has 0 aliphatic rings. The Morgan fingerprint density at radius 3 is 2.64 bits per heavy atom. The maximum absolute atomic E-state index is 5.53. The number of benzene rings is 1. The van der Waals surface area contributed by atoms with Crippen LogP contribution < -0.4 is 15.4 Å². The fourth-order valence-electron chi connectivity index (χ4n) is 2.26. The Labute approximate surface area is 170 Å². The molecule has 0 bridgehead atoms. The second-order valence-corrected chi connectivity index (χ2v) is 6.01. The second kappa shape index (κ2) is 14.2. The van der Waals surface area contributed by atoms with E-state index in [1.54, 1.807) is 7.11 Å². The largest absolute Gasteiger partial charge is 0.496 e. The first-order chi connectivity index (χ1) is 11.6. The van der Waals surface area contributed by atoms with Gasteiger partial charge in [-0.05, 0) is 57.7 Å². The van der Waals surface area contributed by atoms with Crippen molar-refractivity contribution in [2.45, 2.75) is 46.6 Å². The van der Waals surface area contributed by atoms with Crippen molar-refractivity contribution in [3.63, 3.8) is 0 Å². The van der Waals surface area contributed by atoms with Crippen LogP contribution >= 0.6 is 24.0 Å². The van der Waals surface area contributed by atoms with Gasteiger partial charge in [0.1, 0.15) is 5.75 Å². The van der Waals surface area contributed by atoms with Crippen LogP contribution in [0.25, 0.3) is 0 Å². The van der Waals surface area contributed by atoms with Gasteiger partial charge in [-0.1, -0.05) is 12.1 Å². The molecule has 0 fully saturated rings. The summed E-state index contributed by atoms with van der Waals surface area (Å²) in [7, 11) is 1.71. The molecule has 0 saturated heterocycles. The molecule has 1 aromatic carbocycles. The van der Waals surface area contributed by atoms with Crippen LogP contribution in [-0.2, 0) is 11.2 Å². The molecule has 0 spiro atoms. The summed E-state index contributed by atoms with van der Waals surface area (Å²) in [5.74, 6) is 1.80. The molecule has 0 atom stereocenters. The first-order valence-electron chi connectivity index (χ1n) is 8.84. The highest BCUT2D eigenvalue weighted by Crippen LogP contribution is 2.18. The highest BCUT2D eigenvalue weighted by molar-refractivity contribution is 14.0. The van der Waals surface area contributed by atoms with E-state index >= 15 is 0 Å². The topological polar surface area (TPSA) is 54.9 Å². The summed E-state index contributed by atoms with van der Waals surface area (Å²) < 4.78 is 10.9. The molecule has 0 saturated carbocycles. The Bertz CT molecular complexity index is 507. The Morgan fingerprint density at radius 1 is 1.24 bits per heavy atom. The van der Waals surface area contributed by atoms with E-state index < -0.39 is 0 Å². The van der Waals surface area contributed by atoms with Gasteiger partial charge in [-0.2, -0.15) is 0 Å². The van der Waals surface area contributed by atoms with Gasteiger partial charge in [0.2, 0.25) is 0 Å². The van der Waals surface area contributed by atoms with Gasteiger partial charge in [0.25, 0.3) is 0 Å². The summed E-state index contributed by atoms with van der Waals surface area (Å²) in [4.78, 5) is 4.58. The Morgan fingerprint density at radius 2 is 2.00 bits per heavy atom. The Hall–Kier alpha value is -1.02. The van der Waals surface area contributed by atoms with E-state index in [9.17, 15) is 0 Å². The highest BCUT2D eigenvalue weighted by Gasteiger charge is 2.02. The number of aliphatic imine (C=N–C) groups is 1. The number of hydrogen-bond donors (Lipinski definition) is 2. The van der Waals surface area contributed by atoms with Crippen LogP contribution in [0.4, 0.5) is 0 Å². The number of nitrogens with zero attached hydrogens (tertiary/aromatic N) is 1. The van der Waals surface area contributed by atoms with Crippen molar-refractivity contribution in [3.8, 4) is 5.75 Å². The number of guanidine groups is 1. The number of methoxy groups -OCH3 is 1. The molecule has 0 aliphatic heterocycles. The van der Waals surface area contributed by atoms with E-state index in [0.717, 1.165) is 56.4 Å². The zero-order chi connectivity index (χ0) is 17.8. The molecular weight excluding hydrogens is 429 g/mol. The molecule has 0 unspecified atom stereocenters. The third-order valence-electron chi connectivity index (χ3n) is 3.55. The highest BCUT2D eigenvalue weighted by atomic mass is 127. The predicted molar refractivity (Wildman–Crippen MR) is 117 cm³/mol. The zero-order valence-corrected chi connectivity index (χ0v) is 18.6. The summed E-state index contributed by atoms with van der Waals surface area (Å²) in [5, 5.41) is 6.65. The minimum atomic E-state index is 0. The Kier molecular flexibility index (Phi) is 13.6. The SMILES string of the molecule is CCNC(=NCCCOC(C)C)NCCc1ccc(C)c(OC)c1.I. The number of rotatable bonds is 10. The van der Waals surface area contributed by atoms with Gasteiger partial charge >= 0.3 is 0 Å². The third kappa shape index (κ3) is 10.5. The lowest BCUT2D eigenvalue weighted by molar-refractivity contribution is 0.0782. The van der Waals surface area contributed by atoms with Crippen LogP contribution in [0.5, 0.6) is 5.75 Å². The summed E-state index contributed by atoms with van der Waals surface area (Å²) in [6.45, 7) is 11.4. The molecule has 2 N–H and O–H groups in total. The number of ether oxygens (including phenoxy) is 2. The van der Waals surface area contributed by atoms with Crippen molar-refractivity contribution < 1.29 is 9.47 Å². The first-order valence-corrected chi connectivity index (χ1v) is 8.84. The third-order valence-corrected chi connectivity index (χ3v) is 3.55. The second-order valence-electron chi connectivity index (χ2n) is 6.01. The molecule has 0 amide bonds. The number of hydrogen-bond acceptors (Lipinski definition) is 3. The van der Waals surface area contributed by atoms with Crippen molar-refractivity contribution in [2.24, 2.45) is 4.99 Å². The van der Waals surface area contributed by atoms with Crippen molar-refractivity contribution in [1.29, 1.82) is 0 Å². The number of aryl methyl sites for hydroxylation is 1.